The number of ether oxygens (including phenoxy) is 1. The first kappa shape index (κ1) is 17.7. The van der Waals surface area contributed by atoms with Gasteiger partial charge in [-0.2, -0.15) is 5.26 Å². The average Bonchev–Trinajstić information content (AvgIpc) is 2.58. The molecule has 1 fully saturated rings. The number of morpholine rings is 1. The molecule has 1 aliphatic rings. The molecule has 1 saturated heterocycles. The van der Waals surface area contributed by atoms with E-state index in [0.717, 1.165) is 25.3 Å². The molecule has 130 valence electrons. The Labute approximate surface area is 150 Å². The van der Waals surface area contributed by atoms with Gasteiger partial charge < -0.3 is 4.74 Å². The van der Waals surface area contributed by atoms with Crippen LogP contribution in [0, 0.1) is 25.2 Å². The smallest absolute Gasteiger partial charge is 0.0991 e. The number of rotatable bonds is 3. The number of hydrogen-bond donors (Lipinski definition) is 0. The van der Waals surface area contributed by atoms with Crippen molar-refractivity contribution in [1.29, 1.82) is 5.26 Å². The summed E-state index contributed by atoms with van der Waals surface area (Å²) in [5, 5.41) is 9.18. The predicted molar refractivity (Wildman–Crippen MR) is 100 cm³/mol. The zero-order chi connectivity index (χ0) is 18.0. The zero-order valence-electron chi connectivity index (χ0n) is 15.5. The minimum atomic E-state index is -0.242. The molecule has 0 N–H and O–H groups in total. The van der Waals surface area contributed by atoms with E-state index >= 15 is 0 Å². The molecule has 2 aromatic carbocycles. The van der Waals surface area contributed by atoms with Crippen LogP contribution in [0.5, 0.6) is 0 Å². The van der Waals surface area contributed by atoms with Crippen LogP contribution in [-0.4, -0.2) is 23.7 Å². The fraction of sp³-hybridized carbons (Fsp3) is 0.409. The van der Waals surface area contributed by atoms with Crippen LogP contribution in [-0.2, 0) is 11.3 Å². The predicted octanol–water partition coefficient (Wildman–Crippen LogP) is 4.53. The molecule has 1 aliphatic heterocycles. The number of aryl methyl sites for hydroxylation is 2. The van der Waals surface area contributed by atoms with E-state index in [1.165, 1.54) is 22.3 Å². The van der Waals surface area contributed by atoms with Crippen LogP contribution in [0.15, 0.2) is 42.5 Å². The van der Waals surface area contributed by atoms with Crippen molar-refractivity contribution in [3.63, 3.8) is 0 Å². The largest absolute Gasteiger partial charge is 0.372 e. The molecule has 2 aromatic rings. The average molecular weight is 334 g/mol. The lowest BCUT2D eigenvalue weighted by Crippen LogP contribution is -2.50. The topological polar surface area (TPSA) is 36.3 Å². The Balaban J connectivity index is 1.97. The second kappa shape index (κ2) is 7.00. The Morgan fingerprint density at radius 1 is 1.16 bits per heavy atom. The Kier molecular flexibility index (Phi) is 4.94. The van der Waals surface area contributed by atoms with Crippen LogP contribution in [0.25, 0.3) is 0 Å². The zero-order valence-corrected chi connectivity index (χ0v) is 15.5. The van der Waals surface area contributed by atoms with Gasteiger partial charge in [-0.25, -0.2) is 0 Å². The number of nitrogens with zero attached hydrogens (tertiary/aromatic N) is 2. The van der Waals surface area contributed by atoms with Crippen molar-refractivity contribution in [2.75, 3.05) is 13.2 Å². The highest BCUT2D eigenvalue weighted by molar-refractivity contribution is 5.43. The monoisotopic (exact) mass is 334 g/mol. The van der Waals surface area contributed by atoms with Gasteiger partial charge in [0.1, 0.15) is 0 Å². The molecule has 0 spiro atoms. The van der Waals surface area contributed by atoms with Crippen LogP contribution in [0.2, 0.25) is 0 Å². The molecule has 0 radical (unpaired) electrons. The fourth-order valence-corrected chi connectivity index (χ4v) is 4.00. The summed E-state index contributed by atoms with van der Waals surface area (Å²) in [6.07, 6.45) is 0. The van der Waals surface area contributed by atoms with Gasteiger partial charge in [-0.3, -0.25) is 4.90 Å². The molecule has 1 unspecified atom stereocenters. The summed E-state index contributed by atoms with van der Waals surface area (Å²) in [5.41, 5.74) is 5.48. The Bertz CT molecular complexity index is 766. The quantitative estimate of drug-likeness (QED) is 0.827. The van der Waals surface area contributed by atoms with Crippen molar-refractivity contribution in [3.8, 4) is 6.07 Å². The maximum atomic E-state index is 9.18. The lowest BCUT2D eigenvalue weighted by Gasteiger charge is -2.47. The third-order valence-electron chi connectivity index (χ3n) is 5.18. The summed E-state index contributed by atoms with van der Waals surface area (Å²) in [4.78, 5) is 2.51. The minimum Gasteiger partial charge on any atom is -0.372 e. The number of hydrogen-bond acceptors (Lipinski definition) is 3. The highest BCUT2D eigenvalue weighted by atomic mass is 16.5. The van der Waals surface area contributed by atoms with E-state index in [1.54, 1.807) is 0 Å². The summed E-state index contributed by atoms with van der Waals surface area (Å²) in [6.45, 7) is 11.1. The lowest BCUT2D eigenvalue weighted by molar-refractivity contribution is -0.132. The molecule has 0 bridgehead atoms. The van der Waals surface area contributed by atoms with Gasteiger partial charge in [0.2, 0.25) is 0 Å². The molecule has 0 amide bonds. The van der Waals surface area contributed by atoms with Gasteiger partial charge >= 0.3 is 0 Å². The van der Waals surface area contributed by atoms with Crippen LogP contribution in [0.3, 0.4) is 0 Å². The van der Waals surface area contributed by atoms with Gasteiger partial charge in [-0.1, -0.05) is 30.3 Å². The summed E-state index contributed by atoms with van der Waals surface area (Å²) >= 11 is 0. The molecule has 25 heavy (non-hydrogen) atoms. The molecular weight excluding hydrogens is 308 g/mol. The molecular formula is C22H26N2O. The summed E-state index contributed by atoms with van der Waals surface area (Å²) < 4.78 is 6.11. The lowest BCUT2D eigenvalue weighted by atomic mass is 9.87. The van der Waals surface area contributed by atoms with Crippen molar-refractivity contribution >= 4 is 0 Å². The first-order valence-corrected chi connectivity index (χ1v) is 8.85. The van der Waals surface area contributed by atoms with E-state index < -0.39 is 0 Å². The van der Waals surface area contributed by atoms with Gasteiger partial charge in [-0.05, 0) is 62.1 Å². The molecule has 3 heteroatoms. The van der Waals surface area contributed by atoms with Crippen molar-refractivity contribution in [1.82, 2.24) is 4.90 Å². The van der Waals surface area contributed by atoms with Crippen molar-refractivity contribution in [2.45, 2.75) is 45.9 Å². The van der Waals surface area contributed by atoms with E-state index in [4.69, 9.17) is 4.74 Å². The summed E-state index contributed by atoms with van der Waals surface area (Å²) in [7, 11) is 0. The van der Waals surface area contributed by atoms with Crippen LogP contribution in [0.1, 0.15) is 47.7 Å². The first-order valence-electron chi connectivity index (χ1n) is 8.85. The molecule has 0 aromatic heterocycles. The van der Waals surface area contributed by atoms with Crippen molar-refractivity contribution in [2.24, 2.45) is 0 Å². The summed E-state index contributed by atoms with van der Waals surface area (Å²) in [6, 6.07) is 17.1. The van der Waals surface area contributed by atoms with Crippen molar-refractivity contribution in [3.05, 3.63) is 70.3 Å². The molecule has 3 nitrogen and oxygen atoms in total. The number of nitriles is 1. The van der Waals surface area contributed by atoms with Crippen LogP contribution in [0.4, 0.5) is 0 Å². The molecule has 0 aliphatic carbocycles. The summed E-state index contributed by atoms with van der Waals surface area (Å²) in [5.74, 6) is 0. The van der Waals surface area contributed by atoms with Gasteiger partial charge in [0.05, 0.1) is 29.9 Å². The van der Waals surface area contributed by atoms with E-state index in [0.29, 0.717) is 0 Å². The minimum absolute atomic E-state index is 0.205. The maximum absolute atomic E-state index is 9.18. The highest BCUT2D eigenvalue weighted by Gasteiger charge is 2.39. The van der Waals surface area contributed by atoms with Gasteiger partial charge in [0.25, 0.3) is 0 Å². The van der Waals surface area contributed by atoms with E-state index in [-0.39, 0.29) is 11.6 Å². The van der Waals surface area contributed by atoms with Crippen molar-refractivity contribution < 1.29 is 4.74 Å². The standard InChI is InChI=1S/C22H26N2O/c1-16-12-18(14-23)13-17(2)20(16)15-24-10-11-25-22(3,4)21(24)19-8-6-5-7-9-19/h5-9,12-13,21H,10-11,15H2,1-4H3. The maximum Gasteiger partial charge on any atom is 0.0991 e. The third kappa shape index (κ3) is 3.61. The normalized spacial score (nSPS) is 20.2. The van der Waals surface area contributed by atoms with Crippen LogP contribution < -0.4 is 0 Å². The Hall–Kier alpha value is -2.15. The molecule has 1 heterocycles. The van der Waals surface area contributed by atoms with E-state index in [9.17, 15) is 5.26 Å². The number of benzene rings is 2. The molecule has 1 atom stereocenters. The second-order valence-electron chi connectivity index (χ2n) is 7.44. The molecule has 0 saturated carbocycles. The Morgan fingerprint density at radius 3 is 2.40 bits per heavy atom. The van der Waals surface area contributed by atoms with Gasteiger partial charge in [-0.15, -0.1) is 0 Å². The van der Waals surface area contributed by atoms with E-state index in [1.807, 2.05) is 12.1 Å². The van der Waals surface area contributed by atoms with Crippen LogP contribution >= 0.6 is 0 Å². The van der Waals surface area contributed by atoms with E-state index in [2.05, 4.69) is 69.0 Å². The Morgan fingerprint density at radius 2 is 1.80 bits per heavy atom. The van der Waals surface area contributed by atoms with Gasteiger partial charge in [0.15, 0.2) is 0 Å². The van der Waals surface area contributed by atoms with Gasteiger partial charge in [0, 0.05) is 13.1 Å². The highest BCUT2D eigenvalue weighted by Crippen LogP contribution is 2.38. The molecule has 3 rings (SSSR count). The second-order valence-corrected chi connectivity index (χ2v) is 7.44. The third-order valence-corrected chi connectivity index (χ3v) is 5.18. The SMILES string of the molecule is Cc1cc(C#N)cc(C)c1CN1CCOC(C)(C)C1c1ccccc1. The fourth-order valence-electron chi connectivity index (χ4n) is 4.00. The first-order chi connectivity index (χ1) is 11.9.